The molecule has 1 amide bonds. The lowest BCUT2D eigenvalue weighted by atomic mass is 10.1. The van der Waals surface area contributed by atoms with Crippen LogP contribution in [0, 0.1) is 6.92 Å². The fraction of sp³-hybridized carbons (Fsp3) is 0.435. The Labute approximate surface area is 185 Å². The van der Waals surface area contributed by atoms with Gasteiger partial charge in [-0.1, -0.05) is 25.1 Å². The number of hydrogen-bond donors (Lipinski definition) is 1. The zero-order valence-corrected chi connectivity index (χ0v) is 19.6. The minimum absolute atomic E-state index is 0.273. The predicted molar refractivity (Wildman–Crippen MR) is 123 cm³/mol. The summed E-state index contributed by atoms with van der Waals surface area (Å²) in [7, 11) is -3.70. The van der Waals surface area contributed by atoms with Crippen LogP contribution in [0.15, 0.2) is 48.5 Å². The van der Waals surface area contributed by atoms with Crippen molar-refractivity contribution < 1.29 is 22.7 Å². The molecule has 31 heavy (non-hydrogen) atoms. The predicted octanol–water partition coefficient (Wildman–Crippen LogP) is 3.52. The van der Waals surface area contributed by atoms with Crippen molar-refractivity contribution in [2.45, 2.75) is 46.2 Å². The lowest BCUT2D eigenvalue weighted by Crippen LogP contribution is -2.52. The monoisotopic (exact) mass is 448 g/mol. The maximum absolute atomic E-state index is 13.0. The number of nitrogens with zero attached hydrogens (tertiary/aromatic N) is 1. The Morgan fingerprint density at radius 2 is 1.71 bits per heavy atom. The van der Waals surface area contributed by atoms with E-state index in [2.05, 4.69) is 5.32 Å². The summed E-state index contributed by atoms with van der Waals surface area (Å²) in [5.74, 6) is 1.02. The Hall–Kier alpha value is -2.74. The number of ether oxygens (including phenoxy) is 2. The summed E-state index contributed by atoms with van der Waals surface area (Å²) < 4.78 is 37.5. The van der Waals surface area contributed by atoms with Crippen LogP contribution in [-0.4, -0.2) is 45.9 Å². The minimum atomic E-state index is -3.70. The van der Waals surface area contributed by atoms with Gasteiger partial charge in [0.25, 0.3) is 0 Å². The van der Waals surface area contributed by atoms with Gasteiger partial charge < -0.3 is 14.8 Å². The summed E-state index contributed by atoms with van der Waals surface area (Å²) in [5.41, 5.74) is 1.42. The van der Waals surface area contributed by atoms with Crippen molar-refractivity contribution in [3.8, 4) is 11.5 Å². The molecule has 0 heterocycles. The molecule has 1 N–H and O–H groups in total. The van der Waals surface area contributed by atoms with Crippen LogP contribution in [-0.2, 0) is 14.8 Å². The van der Waals surface area contributed by atoms with E-state index in [1.54, 1.807) is 31.2 Å². The number of rotatable bonds is 11. The van der Waals surface area contributed by atoms with Crippen molar-refractivity contribution in [2.75, 3.05) is 23.8 Å². The highest BCUT2D eigenvalue weighted by Gasteiger charge is 2.32. The number of sulfonamides is 1. The normalized spacial score (nSPS) is 13.2. The van der Waals surface area contributed by atoms with Crippen LogP contribution in [0.3, 0.4) is 0 Å². The van der Waals surface area contributed by atoms with Crippen molar-refractivity contribution >= 4 is 21.6 Å². The summed E-state index contributed by atoms with van der Waals surface area (Å²) in [6.07, 6.45) is 1.42. The van der Waals surface area contributed by atoms with Gasteiger partial charge in [0.2, 0.25) is 15.9 Å². The zero-order valence-electron chi connectivity index (χ0n) is 18.8. The van der Waals surface area contributed by atoms with Crippen LogP contribution >= 0.6 is 0 Å². The quantitative estimate of drug-likeness (QED) is 0.569. The lowest BCUT2D eigenvalue weighted by Gasteiger charge is -2.31. The van der Waals surface area contributed by atoms with E-state index in [-0.39, 0.29) is 18.6 Å². The minimum Gasteiger partial charge on any atom is -0.494 e. The Morgan fingerprint density at radius 1 is 1.06 bits per heavy atom. The molecule has 2 atom stereocenters. The third-order valence-electron chi connectivity index (χ3n) is 4.70. The highest BCUT2D eigenvalue weighted by Crippen LogP contribution is 2.25. The molecule has 0 aliphatic heterocycles. The molecule has 2 aromatic carbocycles. The number of para-hydroxylation sites is 1. The first-order valence-corrected chi connectivity index (χ1v) is 12.2. The fourth-order valence-electron chi connectivity index (χ4n) is 3.23. The number of anilines is 1. The number of hydrogen-bond acceptors (Lipinski definition) is 5. The van der Waals surface area contributed by atoms with Crippen molar-refractivity contribution in [3.63, 3.8) is 0 Å². The molecule has 2 aromatic rings. The van der Waals surface area contributed by atoms with Crippen molar-refractivity contribution in [1.29, 1.82) is 0 Å². The molecule has 0 radical (unpaired) electrons. The van der Waals surface area contributed by atoms with E-state index in [0.29, 0.717) is 24.5 Å². The van der Waals surface area contributed by atoms with E-state index in [0.717, 1.165) is 21.9 Å². The van der Waals surface area contributed by atoms with Crippen LogP contribution in [0.4, 0.5) is 5.69 Å². The Balaban J connectivity index is 2.13. The fourth-order valence-corrected chi connectivity index (χ4v) is 4.44. The maximum atomic E-state index is 13.0. The van der Waals surface area contributed by atoms with Crippen LogP contribution < -0.4 is 19.1 Å². The molecule has 0 aliphatic carbocycles. The van der Waals surface area contributed by atoms with Gasteiger partial charge in [-0.15, -0.1) is 0 Å². The number of nitrogens with one attached hydrogen (secondary N) is 1. The average Bonchev–Trinajstić information content (AvgIpc) is 2.71. The number of amides is 1. The number of carbonyl (C=O) groups excluding carboxylic acids is 1. The highest BCUT2D eigenvalue weighted by molar-refractivity contribution is 7.92. The molecule has 0 saturated heterocycles. The van der Waals surface area contributed by atoms with Crippen molar-refractivity contribution in [3.05, 3.63) is 54.1 Å². The second kappa shape index (κ2) is 11.0. The third-order valence-corrected chi connectivity index (χ3v) is 5.88. The van der Waals surface area contributed by atoms with Crippen LogP contribution in [0.2, 0.25) is 0 Å². The molecule has 0 aliphatic rings. The van der Waals surface area contributed by atoms with Gasteiger partial charge in [-0.2, -0.15) is 0 Å². The summed E-state index contributed by atoms with van der Waals surface area (Å²) in [6, 6.07) is 13.1. The Bertz CT molecular complexity index is 960. The van der Waals surface area contributed by atoms with Gasteiger partial charge in [0.1, 0.15) is 24.1 Å². The SMILES string of the molecule is CCOc1ccc(N(C(CC)C(=O)NC(C)COc2ccccc2C)S(C)(=O)=O)cc1. The van der Waals surface area contributed by atoms with E-state index in [4.69, 9.17) is 9.47 Å². The van der Waals surface area contributed by atoms with E-state index >= 15 is 0 Å². The summed E-state index contributed by atoms with van der Waals surface area (Å²) >= 11 is 0. The summed E-state index contributed by atoms with van der Waals surface area (Å²) in [6.45, 7) is 8.22. The molecule has 8 heteroatoms. The van der Waals surface area contributed by atoms with E-state index in [9.17, 15) is 13.2 Å². The molecule has 0 bridgehead atoms. The van der Waals surface area contributed by atoms with Gasteiger partial charge in [-0.3, -0.25) is 9.10 Å². The van der Waals surface area contributed by atoms with E-state index in [1.165, 1.54) is 0 Å². The lowest BCUT2D eigenvalue weighted by molar-refractivity contribution is -0.123. The van der Waals surface area contributed by atoms with Crippen LogP contribution in [0.25, 0.3) is 0 Å². The zero-order chi connectivity index (χ0) is 23.0. The number of carbonyl (C=O) groups is 1. The molecule has 0 spiro atoms. The second-order valence-electron chi connectivity index (χ2n) is 7.40. The molecule has 0 saturated carbocycles. The number of benzene rings is 2. The maximum Gasteiger partial charge on any atom is 0.244 e. The van der Waals surface area contributed by atoms with Gasteiger partial charge in [0, 0.05) is 0 Å². The number of aryl methyl sites for hydroxylation is 1. The molecule has 7 nitrogen and oxygen atoms in total. The first kappa shape index (κ1) is 24.5. The standard InChI is InChI=1S/C23H32N2O5S/c1-6-21(23(26)24-18(4)16-30-22-11-9-8-10-17(22)3)25(31(5,27)28)19-12-14-20(15-13-19)29-7-2/h8-15,18,21H,6-7,16H2,1-5H3,(H,24,26). The molecular formula is C23H32N2O5S. The summed E-state index contributed by atoms with van der Waals surface area (Å²) in [4.78, 5) is 13.0. The first-order valence-electron chi connectivity index (χ1n) is 10.4. The van der Waals surface area contributed by atoms with Gasteiger partial charge in [0.05, 0.1) is 24.6 Å². The first-order chi connectivity index (χ1) is 14.7. The van der Waals surface area contributed by atoms with E-state index in [1.807, 2.05) is 45.0 Å². The highest BCUT2D eigenvalue weighted by atomic mass is 32.2. The topological polar surface area (TPSA) is 84.9 Å². The van der Waals surface area contributed by atoms with Crippen LogP contribution in [0.1, 0.15) is 32.8 Å². The molecule has 170 valence electrons. The Morgan fingerprint density at radius 3 is 2.26 bits per heavy atom. The van der Waals surface area contributed by atoms with Crippen LogP contribution in [0.5, 0.6) is 11.5 Å². The van der Waals surface area contributed by atoms with E-state index < -0.39 is 16.1 Å². The third kappa shape index (κ3) is 6.89. The molecule has 0 fully saturated rings. The molecular weight excluding hydrogens is 416 g/mol. The van der Waals surface area contributed by atoms with Crippen molar-refractivity contribution in [1.82, 2.24) is 5.32 Å². The molecule has 2 unspecified atom stereocenters. The molecule has 2 rings (SSSR count). The molecule has 0 aromatic heterocycles. The van der Waals surface area contributed by atoms with Gasteiger partial charge >= 0.3 is 0 Å². The van der Waals surface area contributed by atoms with Gasteiger partial charge in [-0.05, 0) is 63.1 Å². The largest absolute Gasteiger partial charge is 0.494 e. The van der Waals surface area contributed by atoms with Crippen molar-refractivity contribution in [2.24, 2.45) is 0 Å². The summed E-state index contributed by atoms with van der Waals surface area (Å²) in [5, 5.41) is 2.88. The Kier molecular flexibility index (Phi) is 8.74. The second-order valence-corrected chi connectivity index (χ2v) is 9.26. The smallest absolute Gasteiger partial charge is 0.244 e. The van der Waals surface area contributed by atoms with Gasteiger partial charge in [-0.25, -0.2) is 8.42 Å². The van der Waals surface area contributed by atoms with Gasteiger partial charge in [0.15, 0.2) is 0 Å². The average molecular weight is 449 g/mol.